The first kappa shape index (κ1) is 42.3. The summed E-state index contributed by atoms with van der Waals surface area (Å²) in [6.07, 6.45) is -18.0. The van der Waals surface area contributed by atoms with E-state index in [-0.39, 0.29) is 6.61 Å². The molecule has 2 aliphatic heterocycles. The van der Waals surface area contributed by atoms with Gasteiger partial charge in [-0.05, 0) is 21.8 Å². The van der Waals surface area contributed by atoms with Gasteiger partial charge in [-0.3, -0.25) is 9.11 Å². The SMILES string of the molecule is CCCO[C@@H]1O[C@H](CO[Si](c2ccccc2)(c2ccccc2)C(C)(C)C)[C@@H](O[C@@H]2O[C@@H](C(=O)O)[C@@H](O)[C@H](O)[C@H]2OS(=O)(=O)O)[C@H](O)[C@H]1NS(=O)(=O)O. The van der Waals surface area contributed by atoms with Gasteiger partial charge in [0.1, 0.15) is 36.6 Å². The minimum atomic E-state index is -5.42. The maximum absolute atomic E-state index is 12.0. The van der Waals surface area contributed by atoms with Crippen LogP contribution < -0.4 is 15.1 Å². The number of aliphatic hydroxyl groups is 3. The summed E-state index contributed by atoms with van der Waals surface area (Å²) in [5.74, 6) is -1.81. The lowest BCUT2D eigenvalue weighted by Crippen LogP contribution is -2.70. The molecule has 2 aromatic carbocycles. The number of hydrogen-bond donors (Lipinski definition) is 7. The highest BCUT2D eigenvalue weighted by Crippen LogP contribution is 2.38. The summed E-state index contributed by atoms with van der Waals surface area (Å²) < 4.78 is 103. The molecule has 0 bridgehead atoms. The summed E-state index contributed by atoms with van der Waals surface area (Å²) >= 11 is 0. The van der Waals surface area contributed by atoms with Crippen LogP contribution in [0.25, 0.3) is 0 Å². The zero-order chi connectivity index (χ0) is 38.6. The zero-order valence-electron chi connectivity index (χ0n) is 28.7. The van der Waals surface area contributed by atoms with Crippen LogP contribution in [0.1, 0.15) is 34.1 Å². The molecule has 2 saturated heterocycles. The van der Waals surface area contributed by atoms with E-state index in [1.54, 1.807) is 6.92 Å². The number of aliphatic hydroxyl groups excluding tert-OH is 3. The largest absolute Gasteiger partial charge is 0.479 e. The van der Waals surface area contributed by atoms with E-state index in [1.807, 2.05) is 86.2 Å². The third-order valence-electron chi connectivity index (χ3n) is 8.64. The van der Waals surface area contributed by atoms with Crippen molar-refractivity contribution in [2.75, 3.05) is 13.2 Å². The van der Waals surface area contributed by atoms with Crippen LogP contribution in [0.15, 0.2) is 60.7 Å². The highest BCUT2D eigenvalue weighted by Gasteiger charge is 2.56. The number of aliphatic carboxylic acids is 1. The highest BCUT2D eigenvalue weighted by molar-refractivity contribution is 7.83. The molecule has 2 heterocycles. The lowest BCUT2D eigenvalue weighted by Gasteiger charge is -2.49. The first-order chi connectivity index (χ1) is 24.2. The van der Waals surface area contributed by atoms with Crippen molar-refractivity contribution in [1.82, 2.24) is 4.72 Å². The van der Waals surface area contributed by atoms with Gasteiger partial charge >= 0.3 is 26.7 Å². The van der Waals surface area contributed by atoms with Crippen LogP contribution in [0.3, 0.4) is 0 Å². The molecular weight excluding hydrogens is 751 g/mol. The molecule has 0 unspecified atom stereocenters. The Hall–Kier alpha value is -2.45. The lowest BCUT2D eigenvalue weighted by atomic mass is 9.96. The van der Waals surface area contributed by atoms with Gasteiger partial charge in [0.15, 0.2) is 24.8 Å². The molecule has 2 fully saturated rings. The average Bonchev–Trinajstić information content (AvgIpc) is 3.05. The van der Waals surface area contributed by atoms with Crippen molar-refractivity contribution in [3.63, 3.8) is 0 Å². The van der Waals surface area contributed by atoms with E-state index in [0.29, 0.717) is 6.42 Å². The van der Waals surface area contributed by atoms with Gasteiger partial charge in [0.05, 0.1) is 6.61 Å². The predicted octanol–water partition coefficient (Wildman–Crippen LogP) is -1.06. The van der Waals surface area contributed by atoms with Crippen molar-refractivity contribution in [2.45, 2.75) is 101 Å². The van der Waals surface area contributed by atoms with Crippen LogP contribution in [-0.4, -0.2) is 135 Å². The Morgan fingerprint density at radius 1 is 0.846 bits per heavy atom. The van der Waals surface area contributed by atoms with Crippen LogP contribution in [0.5, 0.6) is 0 Å². The molecule has 0 amide bonds. The number of ether oxygens (including phenoxy) is 4. The fraction of sp³-hybridized carbons (Fsp3) is 0.581. The van der Waals surface area contributed by atoms with E-state index >= 15 is 0 Å². The monoisotopic (exact) mass is 795 g/mol. The summed E-state index contributed by atoms with van der Waals surface area (Å²) in [5.41, 5.74) is 0. The molecule has 0 radical (unpaired) electrons. The van der Waals surface area contributed by atoms with E-state index in [2.05, 4.69) is 4.18 Å². The quantitative estimate of drug-likeness (QED) is 0.0836. The van der Waals surface area contributed by atoms with Gasteiger partial charge in [-0.2, -0.15) is 21.6 Å². The van der Waals surface area contributed by atoms with Gasteiger partial charge in [0.2, 0.25) is 0 Å². The molecule has 7 N–H and O–H groups in total. The summed E-state index contributed by atoms with van der Waals surface area (Å²) in [4.78, 5) is 11.9. The van der Waals surface area contributed by atoms with Crippen LogP contribution >= 0.6 is 0 Å². The van der Waals surface area contributed by atoms with Crippen LogP contribution in [0.2, 0.25) is 5.04 Å². The minimum Gasteiger partial charge on any atom is -0.479 e. The third-order valence-corrected chi connectivity index (χ3v) is 14.7. The Bertz CT molecular complexity index is 1660. The molecule has 2 aliphatic rings. The van der Waals surface area contributed by atoms with Crippen molar-refractivity contribution >= 4 is 45.4 Å². The molecule has 18 nitrogen and oxygen atoms in total. The summed E-state index contributed by atoms with van der Waals surface area (Å²) in [6.45, 7) is 7.26. The van der Waals surface area contributed by atoms with Crippen molar-refractivity contribution in [1.29, 1.82) is 0 Å². The van der Waals surface area contributed by atoms with E-state index in [0.717, 1.165) is 10.4 Å². The summed E-state index contributed by atoms with van der Waals surface area (Å²) in [5, 5.41) is 43.6. The van der Waals surface area contributed by atoms with Gasteiger partial charge in [0.25, 0.3) is 8.32 Å². The van der Waals surface area contributed by atoms with Gasteiger partial charge in [-0.15, -0.1) is 0 Å². The van der Waals surface area contributed by atoms with Crippen LogP contribution in [0.4, 0.5) is 0 Å². The molecule has 0 aromatic heterocycles. The number of carboxylic acids is 1. The molecule has 2 aromatic rings. The summed E-state index contributed by atoms with van der Waals surface area (Å²) in [7, 11) is -13.8. The molecule has 0 aliphatic carbocycles. The molecule has 21 heteroatoms. The third kappa shape index (κ3) is 9.80. The maximum atomic E-state index is 12.0. The normalized spacial score (nSPS) is 30.6. The van der Waals surface area contributed by atoms with Crippen molar-refractivity contribution in [2.24, 2.45) is 0 Å². The second-order valence-corrected chi connectivity index (χ2v) is 19.9. The maximum Gasteiger partial charge on any atom is 0.397 e. The molecule has 0 saturated carbocycles. The molecule has 0 spiro atoms. The number of carbonyl (C=O) groups is 1. The smallest absolute Gasteiger partial charge is 0.397 e. The number of carboxylic acid groups (broad SMARTS) is 1. The van der Waals surface area contributed by atoms with E-state index in [4.69, 9.17) is 23.4 Å². The summed E-state index contributed by atoms with van der Waals surface area (Å²) in [6, 6.07) is 16.9. The van der Waals surface area contributed by atoms with Crippen molar-refractivity contribution in [3.05, 3.63) is 60.7 Å². The number of rotatable bonds is 15. The Labute approximate surface area is 302 Å². The van der Waals surface area contributed by atoms with E-state index < -0.39 is 108 Å². The average molecular weight is 796 g/mol. The van der Waals surface area contributed by atoms with Gasteiger partial charge in [-0.25, -0.2) is 8.98 Å². The number of nitrogens with one attached hydrogen (secondary N) is 1. The highest BCUT2D eigenvalue weighted by atomic mass is 32.3. The van der Waals surface area contributed by atoms with Gasteiger partial charge in [-0.1, -0.05) is 88.4 Å². The zero-order valence-corrected chi connectivity index (χ0v) is 31.3. The van der Waals surface area contributed by atoms with Crippen LogP contribution in [-0.2, 0) is 53.1 Å². The van der Waals surface area contributed by atoms with Gasteiger partial charge < -0.3 is 43.8 Å². The molecule has 10 atom stereocenters. The molecular formula is C31H45NO17S2Si. The molecule has 4 rings (SSSR count). The topological polar surface area (TPSA) is 274 Å². The Kier molecular flexibility index (Phi) is 13.8. The fourth-order valence-electron chi connectivity index (χ4n) is 6.41. The number of benzene rings is 2. The van der Waals surface area contributed by atoms with Crippen molar-refractivity contribution < 1.29 is 78.7 Å². The van der Waals surface area contributed by atoms with E-state index in [1.165, 1.54) is 0 Å². The predicted molar refractivity (Wildman–Crippen MR) is 183 cm³/mol. The minimum absolute atomic E-state index is 0.00473. The number of hydrogen-bond acceptors (Lipinski definition) is 14. The molecule has 292 valence electrons. The Morgan fingerprint density at radius 2 is 1.40 bits per heavy atom. The lowest BCUT2D eigenvalue weighted by molar-refractivity contribution is -0.339. The second kappa shape index (κ2) is 16.9. The first-order valence-corrected chi connectivity index (χ1v) is 20.9. The van der Waals surface area contributed by atoms with Crippen molar-refractivity contribution in [3.8, 4) is 0 Å². The molecule has 52 heavy (non-hydrogen) atoms. The van der Waals surface area contributed by atoms with E-state index in [9.17, 15) is 51.2 Å². The Balaban J connectivity index is 1.84. The standard InChI is InChI=1S/C31H45NO17S2Si/c1-5-16-44-29-21(32-50(38,39)40)22(33)25(47-30-27(49-51(41,42)43)24(35)23(34)26(48-30)28(36)37)20(46-29)17-45-52(31(2,3)4,18-12-8-6-9-13-18)19-14-10-7-11-15-19/h6-15,20-27,29-30,32-35H,5,16-17H2,1-4H3,(H,36,37)(H,38,39,40)(H,41,42,43)/t20-,21-,22-,23+,24+,25-,26-,27-,29-,30-/m1/s1. The Morgan fingerprint density at radius 3 is 1.87 bits per heavy atom. The van der Waals surface area contributed by atoms with Crippen LogP contribution in [0, 0.1) is 0 Å². The second-order valence-electron chi connectivity index (χ2n) is 13.3. The fourth-order valence-corrected chi connectivity index (χ4v) is 12.1. The first-order valence-electron chi connectivity index (χ1n) is 16.2. The van der Waals surface area contributed by atoms with Gasteiger partial charge in [0, 0.05) is 6.61 Å².